The predicted molar refractivity (Wildman–Crippen MR) is 66.6 cm³/mol. The van der Waals surface area contributed by atoms with Crippen LogP contribution in [0.25, 0.3) is 0 Å². The zero-order valence-corrected chi connectivity index (χ0v) is 11.6. The Morgan fingerprint density at radius 2 is 1.83 bits per heavy atom. The maximum atomic E-state index is 11.1. The van der Waals surface area contributed by atoms with Crippen LogP contribution in [0.2, 0.25) is 0 Å². The summed E-state index contributed by atoms with van der Waals surface area (Å²) in [6, 6.07) is 0. The molecule has 0 heterocycles. The molecule has 0 aliphatic rings. The van der Waals surface area contributed by atoms with Gasteiger partial charge in [0.15, 0.2) is 7.37 Å². The minimum Gasteiger partial charge on any atom is -0.466 e. The Morgan fingerprint density at radius 3 is 2.33 bits per heavy atom. The first-order valence-electron chi connectivity index (χ1n) is 5.50. The van der Waals surface area contributed by atoms with Gasteiger partial charge in [0.2, 0.25) is 0 Å². The number of hydrogen-bond acceptors (Lipinski definition) is 5. The molecule has 0 spiro atoms. The van der Waals surface area contributed by atoms with Crippen LogP contribution in [-0.2, 0) is 23.6 Å². The van der Waals surface area contributed by atoms with E-state index in [2.05, 4.69) is 6.58 Å². The van der Waals surface area contributed by atoms with Gasteiger partial charge in [-0.15, -0.1) is 0 Å². The third-order valence-electron chi connectivity index (χ3n) is 1.86. The molecule has 0 aromatic heterocycles. The molecule has 0 saturated heterocycles. The number of carbonyl (C=O) groups is 2. The lowest BCUT2D eigenvalue weighted by Crippen LogP contribution is -2.11. The number of ether oxygens (including phenoxy) is 2. The van der Waals surface area contributed by atoms with Crippen LogP contribution in [0.5, 0.6) is 0 Å². The molecule has 7 heteroatoms. The van der Waals surface area contributed by atoms with E-state index < -0.39 is 19.3 Å². The van der Waals surface area contributed by atoms with Crippen LogP contribution in [0.4, 0.5) is 0 Å². The van der Waals surface area contributed by atoms with E-state index in [9.17, 15) is 14.2 Å². The van der Waals surface area contributed by atoms with Gasteiger partial charge in [-0.25, -0.2) is 4.79 Å². The van der Waals surface area contributed by atoms with Crippen LogP contribution >= 0.6 is 7.37 Å². The van der Waals surface area contributed by atoms with Gasteiger partial charge in [0.25, 0.3) is 0 Å². The molecule has 0 amide bonds. The minimum absolute atomic E-state index is 0.0868. The molecule has 6 nitrogen and oxygen atoms in total. The number of carbonyl (C=O) groups excluding carboxylic acids is 2. The van der Waals surface area contributed by atoms with E-state index in [1.165, 1.54) is 6.66 Å². The molecule has 18 heavy (non-hydrogen) atoms. The molecule has 0 radical (unpaired) electrons. The van der Waals surface area contributed by atoms with Crippen LogP contribution in [0, 0.1) is 0 Å². The smallest absolute Gasteiger partial charge is 0.333 e. The molecule has 0 aromatic rings. The highest BCUT2D eigenvalue weighted by Gasteiger charge is 2.13. The largest absolute Gasteiger partial charge is 0.466 e. The van der Waals surface area contributed by atoms with Crippen molar-refractivity contribution in [3.8, 4) is 0 Å². The summed E-state index contributed by atoms with van der Waals surface area (Å²) >= 11 is 0. The van der Waals surface area contributed by atoms with Gasteiger partial charge in [-0.1, -0.05) is 6.58 Å². The monoisotopic (exact) mass is 278 g/mol. The average Bonchev–Trinajstić information content (AvgIpc) is 2.24. The highest BCUT2D eigenvalue weighted by molar-refractivity contribution is 7.57. The molecular formula is C11H19O6P. The normalized spacial score (nSPS) is 13.5. The average molecular weight is 278 g/mol. The van der Waals surface area contributed by atoms with Crippen LogP contribution in [0.1, 0.15) is 19.8 Å². The zero-order chi connectivity index (χ0) is 14.2. The topological polar surface area (TPSA) is 89.9 Å². The number of esters is 2. The second kappa shape index (κ2) is 8.06. The minimum atomic E-state index is -3.17. The van der Waals surface area contributed by atoms with Gasteiger partial charge in [0, 0.05) is 24.8 Å². The van der Waals surface area contributed by atoms with E-state index in [1.54, 1.807) is 6.92 Å². The highest BCUT2D eigenvalue weighted by atomic mass is 31.2. The lowest BCUT2D eigenvalue weighted by molar-refractivity contribution is -0.144. The lowest BCUT2D eigenvalue weighted by Gasteiger charge is -2.07. The van der Waals surface area contributed by atoms with Gasteiger partial charge in [0.1, 0.15) is 0 Å². The van der Waals surface area contributed by atoms with E-state index in [0.717, 1.165) is 0 Å². The summed E-state index contributed by atoms with van der Waals surface area (Å²) in [5.74, 6) is -1.01. The number of hydrogen-bond donors (Lipinski definition) is 1. The fourth-order valence-electron chi connectivity index (χ4n) is 0.904. The summed E-state index contributed by atoms with van der Waals surface area (Å²) < 4.78 is 20.5. The molecule has 0 bridgehead atoms. The molecule has 1 unspecified atom stereocenters. The van der Waals surface area contributed by atoms with Crippen LogP contribution in [0.15, 0.2) is 12.2 Å². The molecule has 0 aliphatic heterocycles. The molecule has 104 valence electrons. The summed E-state index contributed by atoms with van der Waals surface area (Å²) in [4.78, 5) is 31.1. The molecule has 0 saturated carbocycles. The van der Waals surface area contributed by atoms with Crippen molar-refractivity contribution in [3.63, 3.8) is 0 Å². The van der Waals surface area contributed by atoms with E-state index >= 15 is 0 Å². The first kappa shape index (κ1) is 16.9. The van der Waals surface area contributed by atoms with Crippen molar-refractivity contribution in [2.45, 2.75) is 19.8 Å². The Kier molecular flexibility index (Phi) is 7.55. The van der Waals surface area contributed by atoms with Gasteiger partial charge in [0.05, 0.1) is 19.6 Å². The fourth-order valence-corrected chi connectivity index (χ4v) is 1.50. The van der Waals surface area contributed by atoms with E-state index in [4.69, 9.17) is 14.4 Å². The third-order valence-corrected chi connectivity index (χ3v) is 2.92. The summed E-state index contributed by atoms with van der Waals surface area (Å²) in [6.07, 6.45) is 0.208. The zero-order valence-electron chi connectivity index (χ0n) is 10.7. The Labute approximate surface area is 106 Å². The van der Waals surface area contributed by atoms with Gasteiger partial charge >= 0.3 is 11.9 Å². The van der Waals surface area contributed by atoms with Crippen molar-refractivity contribution in [2.75, 3.05) is 26.0 Å². The van der Waals surface area contributed by atoms with Gasteiger partial charge in [-0.2, -0.15) is 0 Å². The molecule has 1 atom stereocenters. The maximum absolute atomic E-state index is 11.1. The van der Waals surface area contributed by atoms with Crippen molar-refractivity contribution in [3.05, 3.63) is 12.2 Å². The van der Waals surface area contributed by atoms with Gasteiger partial charge < -0.3 is 14.4 Å². The Balaban J connectivity index is 3.55. The molecule has 0 rings (SSSR count). The van der Waals surface area contributed by atoms with Gasteiger partial charge in [-0.3, -0.25) is 9.36 Å². The quantitative estimate of drug-likeness (QED) is 0.312. The molecule has 0 aromatic carbocycles. The molecular weight excluding hydrogens is 259 g/mol. The Bertz CT molecular complexity index is 357. The third kappa shape index (κ3) is 10.1. The first-order valence-corrected chi connectivity index (χ1v) is 7.79. The van der Waals surface area contributed by atoms with Crippen molar-refractivity contribution in [2.24, 2.45) is 0 Å². The van der Waals surface area contributed by atoms with E-state index in [0.29, 0.717) is 12.0 Å². The second-order valence-electron chi connectivity index (χ2n) is 4.01. The van der Waals surface area contributed by atoms with Crippen molar-refractivity contribution in [1.29, 1.82) is 0 Å². The summed E-state index contributed by atoms with van der Waals surface area (Å²) in [5, 5.41) is 0. The first-order chi connectivity index (χ1) is 8.22. The van der Waals surface area contributed by atoms with E-state index in [-0.39, 0.29) is 25.8 Å². The van der Waals surface area contributed by atoms with Crippen LogP contribution in [-0.4, -0.2) is 42.9 Å². The highest BCUT2D eigenvalue weighted by Crippen LogP contribution is 2.35. The molecule has 0 fully saturated rings. The number of rotatable bonds is 8. The van der Waals surface area contributed by atoms with Gasteiger partial charge in [-0.05, 0) is 6.92 Å². The van der Waals surface area contributed by atoms with Crippen molar-refractivity contribution >= 4 is 19.3 Å². The van der Waals surface area contributed by atoms with E-state index in [1.807, 2.05) is 0 Å². The summed E-state index contributed by atoms with van der Waals surface area (Å²) in [7, 11) is -3.17. The summed E-state index contributed by atoms with van der Waals surface area (Å²) in [5.41, 5.74) is 0.314. The second-order valence-corrected chi connectivity index (χ2v) is 6.56. The van der Waals surface area contributed by atoms with Crippen LogP contribution < -0.4 is 0 Å². The Hall–Kier alpha value is -1.13. The van der Waals surface area contributed by atoms with Crippen molar-refractivity contribution in [1.82, 2.24) is 0 Å². The standard InChI is InChI=1S/C11H19O6P/c1-9(2)11(13)17-7-4-6-16-10(12)5-8-18(3,14)15/h1,4-8H2,2-3H3,(H,14,15). The molecule has 0 aliphatic carbocycles. The SMILES string of the molecule is C=C(C)C(=O)OCCCOC(=O)CCP(C)(=O)O. The van der Waals surface area contributed by atoms with Crippen LogP contribution in [0.3, 0.4) is 0 Å². The maximum Gasteiger partial charge on any atom is 0.333 e. The lowest BCUT2D eigenvalue weighted by atomic mass is 10.4. The summed E-state index contributed by atoms with van der Waals surface area (Å²) in [6.45, 7) is 6.41. The predicted octanol–water partition coefficient (Wildman–Crippen LogP) is 1.33. The fraction of sp³-hybridized carbons (Fsp3) is 0.636. The molecule has 1 N–H and O–H groups in total. The Morgan fingerprint density at radius 1 is 1.28 bits per heavy atom. The van der Waals surface area contributed by atoms with Crippen molar-refractivity contribution < 1.29 is 28.5 Å².